The second kappa shape index (κ2) is 8.23. The van der Waals surface area contributed by atoms with Crippen LogP contribution >= 0.6 is 0 Å². The topological polar surface area (TPSA) is 117 Å². The Morgan fingerprint density at radius 3 is 2.63 bits per heavy atom. The lowest BCUT2D eigenvalue weighted by atomic mass is 10.1. The molecule has 0 aliphatic carbocycles. The number of nitrogens with zero attached hydrogens (tertiary/aromatic N) is 4. The van der Waals surface area contributed by atoms with Crippen LogP contribution < -0.4 is 10.0 Å². The maximum atomic E-state index is 13.3. The van der Waals surface area contributed by atoms with Crippen LogP contribution in [0.1, 0.15) is 30.0 Å². The Bertz CT molecular complexity index is 1090. The van der Waals surface area contributed by atoms with E-state index in [9.17, 15) is 18.0 Å². The van der Waals surface area contributed by atoms with Crippen LogP contribution in [0.5, 0.6) is 0 Å². The van der Waals surface area contributed by atoms with Crippen LogP contribution in [0, 0.1) is 5.92 Å². The van der Waals surface area contributed by atoms with Crippen LogP contribution in [0.15, 0.2) is 12.1 Å². The number of imidazole rings is 1. The van der Waals surface area contributed by atoms with Gasteiger partial charge >= 0.3 is 10.2 Å². The molecule has 1 fully saturated rings. The number of hydrogen-bond acceptors (Lipinski definition) is 5. The SMILES string of the molecule is CC(C)Cc1nc2cc(NS(=O)(=O)N(C)C)cc(C(=O)N3CCNC(=O)C3)c2n1C. The van der Waals surface area contributed by atoms with Gasteiger partial charge in [0.15, 0.2) is 0 Å². The molecule has 2 heterocycles. The first-order valence-corrected chi connectivity index (χ1v) is 11.2. The molecule has 2 N–H and O–H groups in total. The van der Waals surface area contributed by atoms with Crippen molar-refractivity contribution < 1.29 is 18.0 Å². The zero-order chi connectivity index (χ0) is 22.2. The lowest BCUT2D eigenvalue weighted by Gasteiger charge is -2.27. The number of hydrogen-bond donors (Lipinski definition) is 2. The highest BCUT2D eigenvalue weighted by molar-refractivity contribution is 7.90. The fourth-order valence-electron chi connectivity index (χ4n) is 3.39. The van der Waals surface area contributed by atoms with Gasteiger partial charge in [0.05, 0.1) is 28.8 Å². The molecule has 10 nitrogen and oxygen atoms in total. The number of carbonyl (C=O) groups is 2. The second-order valence-corrected chi connectivity index (χ2v) is 9.93. The number of anilines is 1. The summed E-state index contributed by atoms with van der Waals surface area (Å²) in [5.41, 5.74) is 1.70. The molecule has 1 aliphatic heterocycles. The molecule has 0 bridgehead atoms. The third-order valence-corrected chi connectivity index (χ3v) is 6.39. The standard InChI is InChI=1S/C19H28N6O4S/c1-12(2)8-16-21-15-10-13(22-30(28,29)23(3)4)9-14(18(15)24(16)5)19(27)25-7-6-20-17(26)11-25/h9-10,12,22H,6-8,11H2,1-5H3,(H,20,26). The van der Waals surface area contributed by atoms with Crippen molar-refractivity contribution in [1.29, 1.82) is 0 Å². The molecule has 0 saturated carbocycles. The molecule has 1 aliphatic rings. The van der Waals surface area contributed by atoms with E-state index in [1.807, 2.05) is 11.6 Å². The van der Waals surface area contributed by atoms with E-state index in [-0.39, 0.29) is 24.0 Å². The summed E-state index contributed by atoms with van der Waals surface area (Å²) in [5.74, 6) is 0.607. The number of piperazine rings is 1. The van der Waals surface area contributed by atoms with Gasteiger partial charge in [0.2, 0.25) is 5.91 Å². The first-order valence-electron chi connectivity index (χ1n) is 9.75. The number of aromatic nitrogens is 2. The van der Waals surface area contributed by atoms with E-state index in [2.05, 4.69) is 28.9 Å². The van der Waals surface area contributed by atoms with Crippen molar-refractivity contribution in [1.82, 2.24) is 24.1 Å². The van der Waals surface area contributed by atoms with Crippen molar-refractivity contribution in [2.45, 2.75) is 20.3 Å². The molecule has 164 valence electrons. The summed E-state index contributed by atoms with van der Waals surface area (Å²) < 4.78 is 30.0. The van der Waals surface area contributed by atoms with Crippen LogP contribution in [0.4, 0.5) is 5.69 Å². The van der Waals surface area contributed by atoms with Crippen molar-refractivity contribution in [3.8, 4) is 0 Å². The predicted octanol–water partition coefficient (Wildman–Crippen LogP) is 0.562. The molecule has 1 saturated heterocycles. The van der Waals surface area contributed by atoms with Crippen LogP contribution in [-0.2, 0) is 28.5 Å². The number of rotatable bonds is 6. The lowest BCUT2D eigenvalue weighted by Crippen LogP contribution is -2.50. The number of fused-ring (bicyclic) bond motifs is 1. The van der Waals surface area contributed by atoms with E-state index in [1.165, 1.54) is 25.1 Å². The molecule has 3 rings (SSSR count). The van der Waals surface area contributed by atoms with Gasteiger partial charge in [-0.1, -0.05) is 13.8 Å². The number of amides is 2. The van der Waals surface area contributed by atoms with Crippen molar-refractivity contribution >= 4 is 38.7 Å². The highest BCUT2D eigenvalue weighted by atomic mass is 32.2. The summed E-state index contributed by atoms with van der Waals surface area (Å²) in [5, 5.41) is 2.70. The van der Waals surface area contributed by atoms with Gasteiger partial charge in [-0.3, -0.25) is 14.3 Å². The third-order valence-electron chi connectivity index (χ3n) is 4.94. The summed E-state index contributed by atoms with van der Waals surface area (Å²) in [6, 6.07) is 3.14. The molecule has 11 heteroatoms. The van der Waals surface area contributed by atoms with Crippen molar-refractivity contribution in [2.24, 2.45) is 13.0 Å². The molecular weight excluding hydrogens is 408 g/mol. The fourth-order valence-corrected chi connectivity index (χ4v) is 3.99. The predicted molar refractivity (Wildman–Crippen MR) is 114 cm³/mol. The Balaban J connectivity index is 2.14. The Labute approximate surface area is 176 Å². The largest absolute Gasteiger partial charge is 0.353 e. The maximum absolute atomic E-state index is 13.3. The van der Waals surface area contributed by atoms with Crippen molar-refractivity contribution in [2.75, 3.05) is 38.5 Å². The second-order valence-electron chi connectivity index (χ2n) is 8.04. The van der Waals surface area contributed by atoms with Gasteiger partial charge in [-0.25, -0.2) is 4.98 Å². The molecule has 1 aromatic heterocycles. The van der Waals surface area contributed by atoms with Crippen LogP contribution in [-0.4, -0.2) is 72.7 Å². The number of aryl methyl sites for hydroxylation is 1. The van der Waals surface area contributed by atoms with E-state index < -0.39 is 10.2 Å². The maximum Gasteiger partial charge on any atom is 0.301 e. The van der Waals surface area contributed by atoms with E-state index >= 15 is 0 Å². The Morgan fingerprint density at radius 2 is 2.03 bits per heavy atom. The Morgan fingerprint density at radius 1 is 1.33 bits per heavy atom. The monoisotopic (exact) mass is 436 g/mol. The van der Waals surface area contributed by atoms with Gasteiger partial charge in [-0.2, -0.15) is 12.7 Å². The van der Waals surface area contributed by atoms with Gasteiger partial charge in [-0.05, 0) is 18.1 Å². The van der Waals surface area contributed by atoms with Crippen molar-refractivity contribution in [3.63, 3.8) is 0 Å². The summed E-state index contributed by atoms with van der Waals surface area (Å²) >= 11 is 0. The normalized spacial score (nSPS) is 15.2. The van der Waals surface area contributed by atoms with Gasteiger partial charge in [0, 0.05) is 40.7 Å². The zero-order valence-electron chi connectivity index (χ0n) is 17.9. The molecule has 0 unspecified atom stereocenters. The average molecular weight is 437 g/mol. The number of benzene rings is 1. The van der Waals surface area contributed by atoms with Gasteiger partial charge in [-0.15, -0.1) is 0 Å². The summed E-state index contributed by atoms with van der Waals surface area (Å²) in [6.07, 6.45) is 0.712. The number of carbonyl (C=O) groups excluding carboxylic acids is 2. The first-order chi connectivity index (χ1) is 14.0. The Kier molecular flexibility index (Phi) is 6.04. The molecule has 0 radical (unpaired) electrons. The molecule has 2 aromatic rings. The average Bonchev–Trinajstić information content (AvgIpc) is 2.95. The quantitative estimate of drug-likeness (QED) is 0.686. The molecule has 1 aromatic carbocycles. The van der Waals surface area contributed by atoms with E-state index in [1.54, 1.807) is 6.07 Å². The highest BCUT2D eigenvalue weighted by Gasteiger charge is 2.27. The molecule has 0 spiro atoms. The number of nitrogens with one attached hydrogen (secondary N) is 2. The molecule has 30 heavy (non-hydrogen) atoms. The van der Waals surface area contributed by atoms with Gasteiger partial charge in [0.1, 0.15) is 5.82 Å². The van der Waals surface area contributed by atoms with Gasteiger partial charge in [0.25, 0.3) is 5.91 Å². The smallest absolute Gasteiger partial charge is 0.301 e. The molecule has 0 atom stereocenters. The zero-order valence-corrected chi connectivity index (χ0v) is 18.7. The van der Waals surface area contributed by atoms with Crippen LogP contribution in [0.25, 0.3) is 11.0 Å². The minimum absolute atomic E-state index is 0.0370. The fraction of sp³-hybridized carbons (Fsp3) is 0.526. The molecule has 2 amide bonds. The molecular formula is C19H28N6O4S. The summed E-state index contributed by atoms with van der Waals surface area (Å²) in [7, 11) is 0.920. The minimum Gasteiger partial charge on any atom is -0.353 e. The third kappa shape index (κ3) is 4.41. The van der Waals surface area contributed by atoms with E-state index in [0.29, 0.717) is 42.0 Å². The van der Waals surface area contributed by atoms with E-state index in [4.69, 9.17) is 0 Å². The highest BCUT2D eigenvalue weighted by Crippen LogP contribution is 2.27. The summed E-state index contributed by atoms with van der Waals surface area (Å²) in [6.45, 7) is 4.88. The lowest BCUT2D eigenvalue weighted by molar-refractivity contribution is -0.123. The minimum atomic E-state index is -3.76. The van der Waals surface area contributed by atoms with Crippen molar-refractivity contribution in [3.05, 3.63) is 23.5 Å². The van der Waals surface area contributed by atoms with Crippen LogP contribution in [0.3, 0.4) is 0 Å². The first kappa shape index (κ1) is 22.0. The van der Waals surface area contributed by atoms with E-state index in [0.717, 1.165) is 10.1 Å². The van der Waals surface area contributed by atoms with Gasteiger partial charge < -0.3 is 14.8 Å². The Hall–Kier alpha value is -2.66. The van der Waals surface area contributed by atoms with Crippen LogP contribution in [0.2, 0.25) is 0 Å². The summed E-state index contributed by atoms with van der Waals surface area (Å²) in [4.78, 5) is 31.2.